The van der Waals surface area contributed by atoms with Gasteiger partial charge in [-0.1, -0.05) is 67.4 Å². The number of amides is 1. The third-order valence-corrected chi connectivity index (χ3v) is 10.2. The highest BCUT2D eigenvalue weighted by atomic mass is 35.5. The van der Waals surface area contributed by atoms with Gasteiger partial charge in [-0.2, -0.15) is 0 Å². The van der Waals surface area contributed by atoms with E-state index in [0.717, 1.165) is 65.0 Å². The van der Waals surface area contributed by atoms with Gasteiger partial charge >= 0.3 is 5.97 Å². The number of anilines is 1. The number of likely N-dealkylation sites (N-methyl/N-ethyl adjacent to an activating group) is 1. The number of hydrogen-bond acceptors (Lipinski definition) is 7. The number of methoxy groups -OCH3 is 1. The summed E-state index contributed by atoms with van der Waals surface area (Å²) in [4.78, 5) is 31.9. The van der Waals surface area contributed by atoms with Crippen LogP contribution in [0.1, 0.15) is 65.1 Å². The van der Waals surface area contributed by atoms with Crippen molar-refractivity contribution in [1.29, 1.82) is 0 Å². The molecule has 1 aromatic heterocycles. The number of imidazole rings is 1. The molecule has 1 aliphatic carbocycles. The molecule has 2 aliphatic rings. The molecule has 1 aliphatic heterocycles. The molecule has 0 bridgehead atoms. The van der Waals surface area contributed by atoms with Crippen molar-refractivity contribution in [2.45, 2.75) is 58.3 Å². The van der Waals surface area contributed by atoms with Crippen molar-refractivity contribution < 1.29 is 24.2 Å². The molecule has 2 atom stereocenters. The van der Waals surface area contributed by atoms with Crippen molar-refractivity contribution in [1.82, 2.24) is 19.8 Å². The van der Waals surface area contributed by atoms with Crippen LogP contribution in [0.5, 0.6) is 11.5 Å². The zero-order valence-electron chi connectivity index (χ0n) is 28.3. The number of carbonyl (C=O) groups excluding carboxylic acids is 1. The fourth-order valence-corrected chi connectivity index (χ4v) is 7.35. The molecule has 0 spiro atoms. The molecule has 3 N–H and O–H groups in total. The average molecular weight is 707 g/mol. The third-order valence-electron chi connectivity index (χ3n) is 9.45. The topological polar surface area (TPSA) is 118 Å². The Bertz CT molecular complexity index is 1910. The molecule has 0 saturated carbocycles. The summed E-state index contributed by atoms with van der Waals surface area (Å²) < 4.78 is 14.0. The number of nitrogens with one attached hydrogen (secondary N) is 2. The number of carboxylic acids is 1. The summed E-state index contributed by atoms with van der Waals surface area (Å²) in [6.07, 6.45) is 2.08. The Morgan fingerprint density at radius 2 is 1.82 bits per heavy atom. The number of benzene rings is 3. The normalized spacial score (nSPS) is 16.3. The molecule has 10 nitrogen and oxygen atoms in total. The highest BCUT2D eigenvalue weighted by molar-refractivity contribution is 6.36. The first-order valence-corrected chi connectivity index (χ1v) is 17.2. The van der Waals surface area contributed by atoms with Crippen LogP contribution < -0.4 is 20.1 Å². The number of carboxylic acid groups (broad SMARTS) is 1. The van der Waals surface area contributed by atoms with Crippen LogP contribution in [-0.2, 0) is 37.8 Å². The standard InChI is InChI=1S/C37H41Cl2N5O5/c1-20(2)34(37(46)47)40-18-21-16-26(38)32(17-31(21)48-5)49-30-13-12-23-22(8-6-9-24(23)30)25-10-7-11-27(33(25)39)42-36(45)35-41-28-19-43(3)15-14-29(28)44(35)4/h6-11,16-17,20,30,34,40H,12-15,18-19H2,1-5H3,(H,42,45)(H,46,47). The van der Waals surface area contributed by atoms with Crippen molar-refractivity contribution in [2.75, 3.05) is 26.0 Å². The molecule has 0 fully saturated rings. The van der Waals surface area contributed by atoms with E-state index in [1.165, 1.54) is 0 Å². The minimum Gasteiger partial charge on any atom is -0.496 e. The van der Waals surface area contributed by atoms with E-state index in [0.29, 0.717) is 39.6 Å². The first kappa shape index (κ1) is 34.8. The summed E-state index contributed by atoms with van der Waals surface area (Å²) >= 11 is 13.7. The maximum atomic E-state index is 13.4. The molecule has 12 heteroatoms. The Balaban J connectivity index is 1.21. The van der Waals surface area contributed by atoms with E-state index < -0.39 is 12.0 Å². The van der Waals surface area contributed by atoms with Gasteiger partial charge in [-0.15, -0.1) is 0 Å². The van der Waals surface area contributed by atoms with Gasteiger partial charge in [0.15, 0.2) is 5.82 Å². The Kier molecular flexibility index (Phi) is 10.2. The number of aromatic nitrogens is 2. The summed E-state index contributed by atoms with van der Waals surface area (Å²) in [5.41, 5.74) is 7.21. The van der Waals surface area contributed by atoms with Gasteiger partial charge in [0.25, 0.3) is 5.91 Å². The van der Waals surface area contributed by atoms with Gasteiger partial charge < -0.3 is 29.4 Å². The highest BCUT2D eigenvalue weighted by Crippen LogP contribution is 2.45. The molecule has 49 heavy (non-hydrogen) atoms. The van der Waals surface area contributed by atoms with Crippen LogP contribution in [-0.4, -0.2) is 58.2 Å². The Labute approximate surface area is 296 Å². The number of rotatable bonds is 11. The molecule has 2 unspecified atom stereocenters. The summed E-state index contributed by atoms with van der Waals surface area (Å²) in [6.45, 7) is 5.62. The zero-order chi connectivity index (χ0) is 35.0. The van der Waals surface area contributed by atoms with E-state index in [9.17, 15) is 14.7 Å². The van der Waals surface area contributed by atoms with E-state index in [1.54, 1.807) is 25.3 Å². The van der Waals surface area contributed by atoms with Crippen molar-refractivity contribution in [3.63, 3.8) is 0 Å². The molecule has 2 heterocycles. The van der Waals surface area contributed by atoms with Gasteiger partial charge in [-0.05, 0) is 54.6 Å². The van der Waals surface area contributed by atoms with E-state index >= 15 is 0 Å². The first-order valence-electron chi connectivity index (χ1n) is 16.4. The van der Waals surface area contributed by atoms with Crippen LogP contribution in [0.3, 0.4) is 0 Å². The number of nitrogens with zero attached hydrogens (tertiary/aromatic N) is 3. The van der Waals surface area contributed by atoms with Crippen LogP contribution >= 0.6 is 23.2 Å². The van der Waals surface area contributed by atoms with Gasteiger partial charge in [-0.3, -0.25) is 14.9 Å². The lowest BCUT2D eigenvalue weighted by Crippen LogP contribution is -2.40. The van der Waals surface area contributed by atoms with E-state index in [1.807, 2.05) is 49.7 Å². The zero-order valence-corrected chi connectivity index (χ0v) is 29.8. The highest BCUT2D eigenvalue weighted by Gasteiger charge is 2.30. The fourth-order valence-electron chi connectivity index (χ4n) is 6.84. The van der Waals surface area contributed by atoms with Crippen molar-refractivity contribution in [2.24, 2.45) is 13.0 Å². The number of ether oxygens (including phenoxy) is 2. The largest absolute Gasteiger partial charge is 0.496 e. The Hall–Kier alpha value is -4.09. The van der Waals surface area contributed by atoms with Gasteiger partial charge in [0.1, 0.15) is 23.6 Å². The van der Waals surface area contributed by atoms with Gasteiger partial charge in [-0.25, -0.2) is 4.98 Å². The predicted octanol–water partition coefficient (Wildman–Crippen LogP) is 6.91. The second kappa shape index (κ2) is 14.4. The summed E-state index contributed by atoms with van der Waals surface area (Å²) in [7, 11) is 5.50. The monoisotopic (exact) mass is 705 g/mol. The van der Waals surface area contributed by atoms with E-state index in [2.05, 4.69) is 33.6 Å². The maximum Gasteiger partial charge on any atom is 0.320 e. The van der Waals surface area contributed by atoms with Gasteiger partial charge in [0, 0.05) is 56.0 Å². The molecule has 0 radical (unpaired) electrons. The van der Waals surface area contributed by atoms with Crippen LogP contribution in [0.2, 0.25) is 10.0 Å². The van der Waals surface area contributed by atoms with Crippen LogP contribution in [0.25, 0.3) is 11.1 Å². The number of fused-ring (bicyclic) bond motifs is 2. The summed E-state index contributed by atoms with van der Waals surface area (Å²) in [5, 5.41) is 16.5. The van der Waals surface area contributed by atoms with Crippen LogP contribution in [0.15, 0.2) is 48.5 Å². The predicted molar refractivity (Wildman–Crippen MR) is 191 cm³/mol. The third kappa shape index (κ3) is 7.01. The van der Waals surface area contributed by atoms with Gasteiger partial charge in [0.05, 0.1) is 28.5 Å². The summed E-state index contributed by atoms with van der Waals surface area (Å²) in [6, 6.07) is 14.5. The molecule has 6 rings (SSSR count). The molecule has 3 aromatic carbocycles. The lowest BCUT2D eigenvalue weighted by molar-refractivity contribution is -0.140. The Morgan fingerprint density at radius 1 is 1.06 bits per heavy atom. The number of carbonyl (C=O) groups is 2. The lowest BCUT2D eigenvalue weighted by Gasteiger charge is -2.21. The molecule has 1 amide bonds. The smallest absolute Gasteiger partial charge is 0.320 e. The maximum absolute atomic E-state index is 13.4. The average Bonchev–Trinajstić information content (AvgIpc) is 3.63. The van der Waals surface area contributed by atoms with Crippen molar-refractivity contribution >= 4 is 40.8 Å². The summed E-state index contributed by atoms with van der Waals surface area (Å²) in [5.74, 6) is 0.0882. The second-order valence-electron chi connectivity index (χ2n) is 13.1. The number of hydrogen-bond donors (Lipinski definition) is 3. The molecule has 258 valence electrons. The van der Waals surface area contributed by atoms with Crippen molar-refractivity contribution in [3.05, 3.63) is 92.5 Å². The second-order valence-corrected chi connectivity index (χ2v) is 13.8. The minimum atomic E-state index is -0.909. The number of aliphatic carboxylic acids is 1. The molecular weight excluding hydrogens is 665 g/mol. The number of halogens is 2. The van der Waals surface area contributed by atoms with Crippen LogP contribution in [0.4, 0.5) is 5.69 Å². The fraction of sp³-hybridized carbons (Fsp3) is 0.378. The van der Waals surface area contributed by atoms with E-state index in [-0.39, 0.29) is 24.5 Å². The minimum absolute atomic E-state index is 0.0932. The molecule has 4 aromatic rings. The molecule has 0 saturated heterocycles. The van der Waals surface area contributed by atoms with Gasteiger partial charge in [0.2, 0.25) is 0 Å². The lowest BCUT2D eigenvalue weighted by atomic mass is 9.96. The first-order chi connectivity index (χ1) is 23.5. The molecular formula is C37H41Cl2N5O5. The Morgan fingerprint density at radius 3 is 2.55 bits per heavy atom. The van der Waals surface area contributed by atoms with Crippen LogP contribution in [0, 0.1) is 5.92 Å². The van der Waals surface area contributed by atoms with Crippen molar-refractivity contribution in [3.8, 4) is 22.6 Å². The SMILES string of the molecule is COc1cc(OC2CCc3c(-c4cccc(NC(=O)c5nc6c(n5C)CCN(C)C6)c4Cl)cccc32)c(Cl)cc1CNC(C(=O)O)C(C)C. The quantitative estimate of drug-likeness (QED) is 0.154. The van der Waals surface area contributed by atoms with E-state index in [4.69, 9.17) is 32.7 Å².